The van der Waals surface area contributed by atoms with E-state index in [1.165, 1.54) is 10.6 Å². The highest BCUT2D eigenvalue weighted by molar-refractivity contribution is 5.98. The molecule has 4 rings (SSSR count). The van der Waals surface area contributed by atoms with Gasteiger partial charge in [0.25, 0.3) is 11.5 Å². The summed E-state index contributed by atoms with van der Waals surface area (Å²) >= 11 is 0. The number of rotatable bonds is 5. The minimum Gasteiger partial charge on any atom is -0.341 e. The Morgan fingerprint density at radius 3 is 2.70 bits per heavy atom. The van der Waals surface area contributed by atoms with Crippen molar-refractivity contribution in [1.29, 1.82) is 0 Å². The molecule has 0 atom stereocenters. The van der Waals surface area contributed by atoms with E-state index < -0.39 is 0 Å². The van der Waals surface area contributed by atoms with Crippen LogP contribution in [0.15, 0.2) is 41.3 Å². The third-order valence-electron chi connectivity index (χ3n) is 6.29. The van der Waals surface area contributed by atoms with E-state index in [4.69, 9.17) is 0 Å². The number of aromatic nitrogens is 1. The van der Waals surface area contributed by atoms with Gasteiger partial charge >= 0.3 is 0 Å². The number of halogens is 1. The molecule has 1 saturated heterocycles. The maximum absolute atomic E-state index is 13.9. The van der Waals surface area contributed by atoms with E-state index >= 15 is 0 Å². The van der Waals surface area contributed by atoms with Gasteiger partial charge in [-0.15, -0.1) is 0 Å². The molecule has 0 N–H and O–H groups in total. The van der Waals surface area contributed by atoms with Crippen LogP contribution in [0.2, 0.25) is 0 Å². The Balaban J connectivity index is 1.36. The SMILES string of the molecule is CN(CC1CCN(Cc2ccccc2F)CC1)C(=O)c1cn(C)c(=O)c2c1C=CC2. The van der Waals surface area contributed by atoms with Gasteiger partial charge in [-0.25, -0.2) is 4.39 Å². The number of piperidine rings is 1. The van der Waals surface area contributed by atoms with E-state index in [0.717, 1.165) is 37.1 Å². The van der Waals surface area contributed by atoms with Gasteiger partial charge in [-0.1, -0.05) is 30.4 Å². The maximum atomic E-state index is 13.9. The summed E-state index contributed by atoms with van der Waals surface area (Å²) in [4.78, 5) is 29.4. The third kappa shape index (κ3) is 4.10. The number of likely N-dealkylation sites (tertiary alicyclic amines) is 1. The van der Waals surface area contributed by atoms with Crippen molar-refractivity contribution >= 4 is 12.0 Å². The first kappa shape index (κ1) is 20.5. The first-order valence-corrected chi connectivity index (χ1v) is 10.5. The maximum Gasteiger partial charge on any atom is 0.255 e. The summed E-state index contributed by atoms with van der Waals surface area (Å²) < 4.78 is 15.4. The normalized spacial score (nSPS) is 16.6. The lowest BCUT2D eigenvalue weighted by Crippen LogP contribution is -2.39. The molecule has 0 radical (unpaired) electrons. The van der Waals surface area contributed by atoms with Gasteiger partial charge in [0.05, 0.1) is 5.56 Å². The van der Waals surface area contributed by atoms with Gasteiger partial charge in [0.1, 0.15) is 5.82 Å². The van der Waals surface area contributed by atoms with Crippen molar-refractivity contribution in [2.45, 2.75) is 25.8 Å². The van der Waals surface area contributed by atoms with Crippen LogP contribution in [0.3, 0.4) is 0 Å². The Morgan fingerprint density at radius 1 is 1.23 bits per heavy atom. The van der Waals surface area contributed by atoms with Gasteiger partial charge in [0.15, 0.2) is 0 Å². The van der Waals surface area contributed by atoms with E-state index in [1.807, 2.05) is 31.3 Å². The Labute approximate surface area is 176 Å². The largest absolute Gasteiger partial charge is 0.341 e. The monoisotopic (exact) mass is 409 g/mol. The van der Waals surface area contributed by atoms with E-state index in [2.05, 4.69) is 4.90 Å². The molecule has 0 spiro atoms. The molecule has 1 aromatic heterocycles. The molecule has 2 aromatic rings. The number of hydrogen-bond donors (Lipinski definition) is 0. The summed E-state index contributed by atoms with van der Waals surface area (Å²) in [5, 5.41) is 0. The van der Waals surface area contributed by atoms with Gasteiger partial charge in [-0.3, -0.25) is 14.5 Å². The van der Waals surface area contributed by atoms with E-state index in [0.29, 0.717) is 36.6 Å². The summed E-state index contributed by atoms with van der Waals surface area (Å²) in [6.07, 6.45) is 8.04. The number of pyridine rings is 1. The molecule has 30 heavy (non-hydrogen) atoms. The number of amides is 1. The van der Waals surface area contributed by atoms with E-state index in [-0.39, 0.29) is 17.3 Å². The number of carbonyl (C=O) groups is 1. The Morgan fingerprint density at radius 2 is 1.97 bits per heavy atom. The smallest absolute Gasteiger partial charge is 0.255 e. The number of fused-ring (bicyclic) bond motifs is 1. The summed E-state index contributed by atoms with van der Waals surface area (Å²) in [5.41, 5.74) is 2.78. The third-order valence-corrected chi connectivity index (χ3v) is 6.29. The van der Waals surface area contributed by atoms with Crippen LogP contribution >= 0.6 is 0 Å². The second-order valence-electron chi connectivity index (χ2n) is 8.45. The second-order valence-corrected chi connectivity index (χ2v) is 8.45. The molecule has 1 amide bonds. The molecule has 0 bridgehead atoms. The first-order chi connectivity index (χ1) is 14.4. The fraction of sp³-hybridized carbons (Fsp3) is 0.417. The zero-order valence-corrected chi connectivity index (χ0v) is 17.6. The van der Waals surface area contributed by atoms with E-state index in [9.17, 15) is 14.0 Å². The summed E-state index contributed by atoms with van der Waals surface area (Å²) in [6, 6.07) is 6.94. The Hall–Kier alpha value is -2.73. The number of benzene rings is 1. The molecule has 0 saturated carbocycles. The quantitative estimate of drug-likeness (QED) is 0.763. The molecular weight excluding hydrogens is 381 g/mol. The number of hydrogen-bond acceptors (Lipinski definition) is 3. The average molecular weight is 410 g/mol. The van der Waals surface area contributed by atoms with Gasteiger partial charge in [0.2, 0.25) is 0 Å². The fourth-order valence-electron chi connectivity index (χ4n) is 4.54. The summed E-state index contributed by atoms with van der Waals surface area (Å²) in [6.45, 7) is 3.12. The van der Waals surface area contributed by atoms with Crippen molar-refractivity contribution in [3.05, 3.63) is 75.0 Å². The zero-order chi connectivity index (χ0) is 21.3. The van der Waals surface area contributed by atoms with Crippen LogP contribution in [-0.2, 0) is 20.0 Å². The van der Waals surface area contributed by atoms with Crippen molar-refractivity contribution in [2.24, 2.45) is 13.0 Å². The summed E-state index contributed by atoms with van der Waals surface area (Å²) in [7, 11) is 3.53. The predicted octanol–water partition coefficient (Wildman–Crippen LogP) is 3.08. The highest BCUT2D eigenvalue weighted by Crippen LogP contribution is 2.24. The molecule has 1 aliphatic heterocycles. The van der Waals surface area contributed by atoms with Crippen molar-refractivity contribution in [1.82, 2.24) is 14.4 Å². The molecule has 158 valence electrons. The van der Waals surface area contributed by atoms with Crippen molar-refractivity contribution in [3.8, 4) is 0 Å². The minimum absolute atomic E-state index is 0.0311. The van der Waals surface area contributed by atoms with Gasteiger partial charge in [0, 0.05) is 44.5 Å². The zero-order valence-electron chi connectivity index (χ0n) is 17.6. The minimum atomic E-state index is -0.149. The fourth-order valence-corrected chi connectivity index (χ4v) is 4.54. The second kappa shape index (κ2) is 8.56. The number of carbonyl (C=O) groups excluding carboxylic acids is 1. The molecule has 1 fully saturated rings. The molecular formula is C24H28FN3O2. The van der Waals surface area contributed by atoms with Gasteiger partial charge < -0.3 is 9.47 Å². The molecule has 0 unspecified atom stereocenters. The molecule has 2 aliphatic rings. The lowest BCUT2D eigenvalue weighted by atomic mass is 9.95. The van der Waals surface area contributed by atoms with Crippen LogP contribution in [0, 0.1) is 11.7 Å². The van der Waals surface area contributed by atoms with Gasteiger partial charge in [-0.05, 0) is 49.9 Å². The Bertz CT molecular complexity index is 1040. The number of nitrogens with zero attached hydrogens (tertiary/aromatic N) is 3. The topological polar surface area (TPSA) is 45.5 Å². The lowest BCUT2D eigenvalue weighted by molar-refractivity contribution is 0.0736. The van der Waals surface area contributed by atoms with Crippen molar-refractivity contribution < 1.29 is 9.18 Å². The van der Waals surface area contributed by atoms with Crippen molar-refractivity contribution in [2.75, 3.05) is 26.7 Å². The number of aryl methyl sites for hydroxylation is 1. The molecule has 6 heteroatoms. The lowest BCUT2D eigenvalue weighted by Gasteiger charge is -2.34. The highest BCUT2D eigenvalue weighted by Gasteiger charge is 2.26. The predicted molar refractivity (Wildman–Crippen MR) is 116 cm³/mol. The van der Waals surface area contributed by atoms with E-state index in [1.54, 1.807) is 24.2 Å². The standard InChI is InChI=1S/C24H28FN3O2/c1-26(24(30)21-16-27(2)23(29)20-8-5-7-19(20)21)14-17-10-12-28(13-11-17)15-18-6-3-4-9-22(18)25/h3-7,9,16-17H,8,10-15H2,1-2H3. The molecule has 1 aliphatic carbocycles. The van der Waals surface area contributed by atoms with Crippen LogP contribution < -0.4 is 5.56 Å². The highest BCUT2D eigenvalue weighted by atomic mass is 19.1. The van der Waals surface area contributed by atoms with Crippen LogP contribution in [0.1, 0.15) is 39.9 Å². The van der Waals surface area contributed by atoms with Crippen LogP contribution in [-0.4, -0.2) is 47.0 Å². The number of allylic oxidation sites excluding steroid dienone is 1. The van der Waals surface area contributed by atoms with Crippen LogP contribution in [0.5, 0.6) is 0 Å². The molecule has 1 aromatic carbocycles. The molecule has 5 nitrogen and oxygen atoms in total. The van der Waals surface area contributed by atoms with Crippen LogP contribution in [0.25, 0.3) is 6.08 Å². The Kier molecular flexibility index (Phi) is 5.86. The van der Waals surface area contributed by atoms with Gasteiger partial charge in [-0.2, -0.15) is 0 Å². The average Bonchev–Trinajstić information content (AvgIpc) is 3.23. The van der Waals surface area contributed by atoms with Crippen molar-refractivity contribution in [3.63, 3.8) is 0 Å². The first-order valence-electron chi connectivity index (χ1n) is 10.5. The summed E-state index contributed by atoms with van der Waals surface area (Å²) in [5.74, 6) is 0.234. The van der Waals surface area contributed by atoms with Crippen LogP contribution in [0.4, 0.5) is 4.39 Å². The molecule has 2 heterocycles.